The summed E-state index contributed by atoms with van der Waals surface area (Å²) in [5.41, 5.74) is 0.162. The lowest BCUT2D eigenvalue weighted by Crippen LogP contribution is -2.25. The number of nitrogens with zero attached hydrogens (tertiary/aromatic N) is 1. The molecule has 2 aromatic carbocycles. The molecule has 1 fully saturated rings. The number of nitro benzene ring substituents is 1. The zero-order valence-corrected chi connectivity index (χ0v) is 13.8. The first-order valence-electron chi connectivity index (χ1n) is 8.21. The van der Waals surface area contributed by atoms with Crippen molar-refractivity contribution in [2.45, 2.75) is 25.0 Å². The summed E-state index contributed by atoms with van der Waals surface area (Å²) in [6.07, 6.45) is 0.664. The minimum atomic E-state index is -1.17. The van der Waals surface area contributed by atoms with Crippen LogP contribution in [0.4, 0.5) is 15.8 Å². The van der Waals surface area contributed by atoms with E-state index in [9.17, 15) is 24.4 Å². The van der Waals surface area contributed by atoms with Crippen molar-refractivity contribution < 1.29 is 19.2 Å². The van der Waals surface area contributed by atoms with Gasteiger partial charge >= 0.3 is 0 Å². The first kappa shape index (κ1) is 17.8. The Morgan fingerprint density at radius 1 is 1.31 bits per heavy atom. The summed E-state index contributed by atoms with van der Waals surface area (Å²) < 4.78 is 13.7. The fourth-order valence-corrected chi connectivity index (χ4v) is 2.53. The minimum absolute atomic E-state index is 0.100. The molecule has 0 aromatic heterocycles. The third-order valence-electron chi connectivity index (χ3n) is 4.12. The molecule has 3 rings (SSSR count). The maximum atomic E-state index is 13.7. The van der Waals surface area contributed by atoms with Gasteiger partial charge < -0.3 is 15.7 Å². The average Bonchev–Trinajstić information content (AvgIpc) is 3.43. The molecule has 2 aromatic rings. The van der Waals surface area contributed by atoms with Crippen molar-refractivity contribution in [3.63, 3.8) is 0 Å². The second-order valence-corrected chi connectivity index (χ2v) is 6.15. The Morgan fingerprint density at radius 3 is 2.69 bits per heavy atom. The summed E-state index contributed by atoms with van der Waals surface area (Å²) in [7, 11) is 0. The zero-order chi connectivity index (χ0) is 18.7. The van der Waals surface area contributed by atoms with E-state index in [1.807, 2.05) is 0 Å². The van der Waals surface area contributed by atoms with Gasteiger partial charge in [0.2, 0.25) is 0 Å². The van der Waals surface area contributed by atoms with E-state index < -0.39 is 16.8 Å². The van der Waals surface area contributed by atoms with Gasteiger partial charge in [-0.2, -0.15) is 0 Å². The maximum Gasteiger partial charge on any atom is 0.293 e. The highest BCUT2D eigenvalue weighted by atomic mass is 19.1. The van der Waals surface area contributed by atoms with Gasteiger partial charge in [0.1, 0.15) is 11.5 Å². The molecule has 1 aliphatic carbocycles. The van der Waals surface area contributed by atoms with E-state index in [1.54, 1.807) is 6.07 Å². The molecular formula is C18H18FN3O4. The quantitative estimate of drug-likeness (QED) is 0.521. The van der Waals surface area contributed by atoms with Crippen molar-refractivity contribution in [3.05, 3.63) is 69.5 Å². The van der Waals surface area contributed by atoms with Gasteiger partial charge in [0.15, 0.2) is 0 Å². The zero-order valence-electron chi connectivity index (χ0n) is 13.8. The Labute approximate surface area is 149 Å². The first-order valence-corrected chi connectivity index (χ1v) is 8.21. The molecule has 3 N–H and O–H groups in total. The van der Waals surface area contributed by atoms with E-state index in [0.717, 1.165) is 12.8 Å². The maximum absolute atomic E-state index is 13.7. The minimum Gasteiger partial charge on any atom is -0.386 e. The van der Waals surface area contributed by atoms with E-state index in [0.29, 0.717) is 0 Å². The molecule has 1 aliphatic rings. The molecule has 0 bridgehead atoms. The largest absolute Gasteiger partial charge is 0.386 e. The van der Waals surface area contributed by atoms with Crippen LogP contribution in [-0.4, -0.2) is 28.5 Å². The van der Waals surface area contributed by atoms with Crippen molar-refractivity contribution in [1.29, 1.82) is 0 Å². The van der Waals surface area contributed by atoms with Gasteiger partial charge in [-0.3, -0.25) is 14.9 Å². The van der Waals surface area contributed by atoms with Gasteiger partial charge in [-0.1, -0.05) is 18.2 Å². The molecule has 136 valence electrons. The van der Waals surface area contributed by atoms with Gasteiger partial charge in [-0.25, -0.2) is 4.39 Å². The van der Waals surface area contributed by atoms with Crippen molar-refractivity contribution in [1.82, 2.24) is 5.32 Å². The topological polar surface area (TPSA) is 104 Å². The van der Waals surface area contributed by atoms with Crippen molar-refractivity contribution in [2.75, 3.05) is 11.9 Å². The fourth-order valence-electron chi connectivity index (χ4n) is 2.53. The van der Waals surface area contributed by atoms with Crippen LogP contribution < -0.4 is 10.6 Å². The molecule has 0 aliphatic heterocycles. The number of rotatable bonds is 7. The summed E-state index contributed by atoms with van der Waals surface area (Å²) in [6.45, 7) is -0.116. The van der Waals surface area contributed by atoms with Gasteiger partial charge in [0, 0.05) is 29.8 Å². The Hall–Kier alpha value is -3.00. The summed E-state index contributed by atoms with van der Waals surface area (Å²) in [5, 5.41) is 26.9. The number of amides is 1. The number of nitro groups is 1. The summed E-state index contributed by atoms with van der Waals surface area (Å²) in [5.74, 6) is -0.906. The van der Waals surface area contributed by atoms with E-state index in [4.69, 9.17) is 0 Å². The van der Waals surface area contributed by atoms with Gasteiger partial charge in [-0.05, 0) is 31.0 Å². The molecule has 0 radical (unpaired) electrons. The standard InChI is InChI=1S/C18H18FN3O4/c19-14-4-2-1-3-13(14)17(23)10-20-15-8-5-11(9-16(15)22(25)26)18(24)21-12-6-7-12/h1-5,8-9,12,17,20,23H,6-7,10H2,(H,21,24). The molecule has 1 amide bonds. The number of aliphatic hydroxyl groups excluding tert-OH is 1. The van der Waals surface area contributed by atoms with E-state index >= 15 is 0 Å². The number of aliphatic hydroxyl groups is 1. The lowest BCUT2D eigenvalue weighted by atomic mass is 10.1. The smallest absolute Gasteiger partial charge is 0.293 e. The van der Waals surface area contributed by atoms with Crippen LogP contribution in [-0.2, 0) is 0 Å². The Morgan fingerprint density at radius 2 is 2.04 bits per heavy atom. The molecule has 7 nitrogen and oxygen atoms in total. The monoisotopic (exact) mass is 359 g/mol. The van der Waals surface area contributed by atoms with Crippen LogP contribution in [0.25, 0.3) is 0 Å². The van der Waals surface area contributed by atoms with Crippen LogP contribution in [0.2, 0.25) is 0 Å². The van der Waals surface area contributed by atoms with E-state index in [1.165, 1.54) is 36.4 Å². The van der Waals surface area contributed by atoms with Gasteiger partial charge in [0.05, 0.1) is 11.0 Å². The normalized spacial score (nSPS) is 14.5. The lowest BCUT2D eigenvalue weighted by molar-refractivity contribution is -0.384. The predicted octanol–water partition coefficient (Wildman–Crippen LogP) is 2.77. The van der Waals surface area contributed by atoms with Crippen LogP contribution in [0.1, 0.15) is 34.9 Å². The molecule has 1 atom stereocenters. The molecule has 1 unspecified atom stereocenters. The average molecular weight is 359 g/mol. The summed E-state index contributed by atoms with van der Waals surface area (Å²) >= 11 is 0. The Bertz CT molecular complexity index is 839. The second kappa shape index (κ2) is 7.49. The SMILES string of the molecule is O=C(NC1CC1)c1ccc(NCC(O)c2ccccc2F)c([N+](=O)[O-])c1. The van der Waals surface area contributed by atoms with Gasteiger partial charge in [-0.15, -0.1) is 0 Å². The number of hydrogen-bond acceptors (Lipinski definition) is 5. The van der Waals surface area contributed by atoms with Crippen LogP contribution in [0, 0.1) is 15.9 Å². The molecule has 1 saturated carbocycles. The molecule has 0 saturated heterocycles. The highest BCUT2D eigenvalue weighted by Gasteiger charge is 2.25. The molecule has 26 heavy (non-hydrogen) atoms. The number of carbonyl (C=O) groups excluding carboxylic acids is 1. The van der Waals surface area contributed by atoms with Gasteiger partial charge in [0.25, 0.3) is 11.6 Å². The van der Waals surface area contributed by atoms with Crippen LogP contribution >= 0.6 is 0 Å². The second-order valence-electron chi connectivity index (χ2n) is 6.15. The van der Waals surface area contributed by atoms with Crippen LogP contribution in [0.15, 0.2) is 42.5 Å². The summed E-state index contributed by atoms with van der Waals surface area (Å²) in [4.78, 5) is 22.7. The number of halogens is 1. The fraction of sp³-hybridized carbons (Fsp3) is 0.278. The van der Waals surface area contributed by atoms with Crippen molar-refractivity contribution in [2.24, 2.45) is 0 Å². The highest BCUT2D eigenvalue weighted by Crippen LogP contribution is 2.27. The van der Waals surface area contributed by atoms with Crippen molar-refractivity contribution in [3.8, 4) is 0 Å². The first-order chi connectivity index (χ1) is 12.5. The number of hydrogen-bond donors (Lipinski definition) is 3. The number of anilines is 1. The predicted molar refractivity (Wildman–Crippen MR) is 93.4 cm³/mol. The van der Waals surface area contributed by atoms with Crippen molar-refractivity contribution >= 4 is 17.3 Å². The highest BCUT2D eigenvalue weighted by molar-refractivity contribution is 5.96. The Balaban J connectivity index is 1.73. The van der Waals surface area contributed by atoms with E-state index in [2.05, 4.69) is 10.6 Å². The van der Waals surface area contributed by atoms with Crippen LogP contribution in [0.5, 0.6) is 0 Å². The summed E-state index contributed by atoms with van der Waals surface area (Å²) in [6, 6.07) is 10.0. The van der Waals surface area contributed by atoms with Crippen LogP contribution in [0.3, 0.4) is 0 Å². The number of benzene rings is 2. The lowest BCUT2D eigenvalue weighted by Gasteiger charge is -2.14. The Kier molecular flexibility index (Phi) is 5.13. The van der Waals surface area contributed by atoms with E-state index in [-0.39, 0.29) is 41.0 Å². The third-order valence-corrected chi connectivity index (χ3v) is 4.12. The number of carbonyl (C=O) groups is 1. The molecule has 0 heterocycles. The third kappa shape index (κ3) is 4.15. The molecular weight excluding hydrogens is 341 g/mol. The number of nitrogens with one attached hydrogen (secondary N) is 2. The molecule has 8 heteroatoms. The molecule has 0 spiro atoms.